The van der Waals surface area contributed by atoms with Gasteiger partial charge < -0.3 is 36.5 Å². The van der Waals surface area contributed by atoms with Crippen molar-refractivity contribution in [3.05, 3.63) is 60.7 Å². The Morgan fingerprint density at radius 3 is 2.08 bits per heavy atom. The second-order valence-corrected chi connectivity index (χ2v) is 8.23. The molecule has 0 radical (unpaired) electrons. The number of amides is 4. The predicted molar refractivity (Wildman–Crippen MR) is 142 cm³/mol. The molecule has 0 bridgehead atoms. The first-order chi connectivity index (χ1) is 18.5. The molecule has 38 heavy (non-hydrogen) atoms. The second kappa shape index (κ2) is 13.1. The average Bonchev–Trinajstić information content (AvgIpc) is 2.94. The predicted octanol–water partition coefficient (Wildman–Crippen LogP) is 2.24. The molecule has 4 amide bonds. The second-order valence-electron chi connectivity index (χ2n) is 8.23. The largest absolute Gasteiger partial charge is 0.378 e. The van der Waals surface area contributed by atoms with Crippen molar-refractivity contribution in [1.82, 2.24) is 19.9 Å². The number of nitrogens with one attached hydrogen (secondary N) is 2. The summed E-state index contributed by atoms with van der Waals surface area (Å²) in [5.41, 5.74) is 11.7. The number of carbonyl (C=O) groups is 2. The van der Waals surface area contributed by atoms with Crippen molar-refractivity contribution in [1.29, 1.82) is 0 Å². The van der Waals surface area contributed by atoms with Gasteiger partial charge in [0.05, 0.1) is 26.4 Å². The molecular formula is C25H29N9O4. The van der Waals surface area contributed by atoms with Crippen molar-refractivity contribution in [2.45, 2.75) is 6.42 Å². The molecule has 2 aliphatic rings. The van der Waals surface area contributed by atoms with Crippen LogP contribution in [0.5, 0.6) is 0 Å². The molecule has 0 saturated carbocycles. The number of anilines is 3. The number of urea groups is 2. The highest BCUT2D eigenvalue weighted by Gasteiger charge is 2.19. The summed E-state index contributed by atoms with van der Waals surface area (Å²) in [7, 11) is 0. The van der Waals surface area contributed by atoms with Crippen LogP contribution in [-0.2, 0) is 9.47 Å². The molecule has 13 nitrogen and oxygen atoms in total. The van der Waals surface area contributed by atoms with Gasteiger partial charge >= 0.3 is 12.1 Å². The van der Waals surface area contributed by atoms with Gasteiger partial charge in [0.2, 0.25) is 5.95 Å². The molecule has 1 fully saturated rings. The molecule has 5 rings (SSSR count). The van der Waals surface area contributed by atoms with Crippen molar-refractivity contribution < 1.29 is 19.1 Å². The third-order valence-electron chi connectivity index (χ3n) is 5.51. The molecule has 6 N–H and O–H groups in total. The Morgan fingerprint density at radius 2 is 1.45 bits per heavy atom. The molecule has 13 heteroatoms. The van der Waals surface area contributed by atoms with Gasteiger partial charge in [-0.25, -0.2) is 14.6 Å². The quantitative estimate of drug-likeness (QED) is 0.392. The van der Waals surface area contributed by atoms with Gasteiger partial charge in [-0.15, -0.1) is 0 Å². The monoisotopic (exact) mass is 519 g/mol. The van der Waals surface area contributed by atoms with Crippen LogP contribution in [0.25, 0.3) is 17.0 Å². The minimum absolute atomic E-state index is 0.331. The maximum atomic E-state index is 12.3. The third kappa shape index (κ3) is 7.69. The lowest BCUT2D eigenvalue weighted by Gasteiger charge is -2.27. The number of benzene rings is 1. The van der Waals surface area contributed by atoms with E-state index in [2.05, 4.69) is 32.0 Å². The van der Waals surface area contributed by atoms with Crippen LogP contribution in [-0.4, -0.2) is 71.5 Å². The number of rotatable bonds is 5. The number of nitrogens with two attached hydrogens (primary N) is 2. The van der Waals surface area contributed by atoms with E-state index in [-0.39, 0.29) is 6.03 Å². The molecule has 1 aromatic carbocycles. The Bertz CT molecular complexity index is 1260. The number of pyridine rings is 1. The topological polar surface area (TPSA) is 184 Å². The number of aromatic nitrogens is 4. The van der Waals surface area contributed by atoms with Crippen molar-refractivity contribution >= 4 is 35.0 Å². The number of hydrogen-bond donors (Lipinski definition) is 4. The van der Waals surface area contributed by atoms with Gasteiger partial charge in [0.1, 0.15) is 0 Å². The third-order valence-corrected chi connectivity index (χ3v) is 5.51. The van der Waals surface area contributed by atoms with Crippen LogP contribution in [0, 0.1) is 0 Å². The summed E-state index contributed by atoms with van der Waals surface area (Å²) < 4.78 is 10.9. The number of primary amides is 2. The molecular weight excluding hydrogens is 490 g/mol. The highest BCUT2D eigenvalue weighted by atomic mass is 16.5. The summed E-state index contributed by atoms with van der Waals surface area (Å²) in [6.07, 6.45) is 6.03. The van der Waals surface area contributed by atoms with Crippen LogP contribution >= 0.6 is 0 Å². The lowest BCUT2D eigenvalue weighted by Crippen LogP contribution is -2.37. The number of morpholine rings is 1. The zero-order valence-corrected chi connectivity index (χ0v) is 20.7. The highest BCUT2D eigenvalue weighted by Crippen LogP contribution is 2.25. The SMILES string of the molecule is NC(N)=O.O=C(Nc1ccncc1)Nc1ccc(-c2nc(C3=CCOCC3)nc(N3CCOCC3)n2)cc1. The van der Waals surface area contributed by atoms with E-state index in [1.165, 1.54) is 0 Å². The molecule has 198 valence electrons. The van der Waals surface area contributed by atoms with E-state index in [0.717, 1.165) is 30.6 Å². The molecule has 0 spiro atoms. The molecule has 2 aromatic heterocycles. The van der Waals surface area contributed by atoms with E-state index in [0.29, 0.717) is 55.4 Å². The Hall–Kier alpha value is -4.62. The Morgan fingerprint density at radius 1 is 0.816 bits per heavy atom. The van der Waals surface area contributed by atoms with Gasteiger partial charge in [-0.05, 0) is 48.4 Å². The molecule has 0 unspecified atom stereocenters. The fraction of sp³-hybridized carbons (Fsp3) is 0.280. The van der Waals surface area contributed by atoms with Crippen molar-refractivity contribution in [2.75, 3.05) is 55.1 Å². The molecule has 3 aromatic rings. The smallest absolute Gasteiger partial charge is 0.323 e. The number of ether oxygens (including phenoxy) is 2. The molecule has 2 aliphatic heterocycles. The Labute approximate surface area is 219 Å². The fourth-order valence-electron chi connectivity index (χ4n) is 3.70. The normalized spacial score (nSPS) is 14.9. The van der Waals surface area contributed by atoms with E-state index in [1.807, 2.05) is 30.3 Å². The van der Waals surface area contributed by atoms with Crippen LogP contribution in [0.1, 0.15) is 12.2 Å². The van der Waals surface area contributed by atoms with Gasteiger partial charge in [-0.1, -0.05) is 6.08 Å². The summed E-state index contributed by atoms with van der Waals surface area (Å²) in [5, 5.41) is 5.60. The maximum Gasteiger partial charge on any atom is 0.323 e. The number of hydrogen-bond acceptors (Lipinski definition) is 9. The van der Waals surface area contributed by atoms with Crippen molar-refractivity contribution in [2.24, 2.45) is 11.5 Å². The Kier molecular flexibility index (Phi) is 9.10. The summed E-state index contributed by atoms with van der Waals surface area (Å²) in [4.78, 5) is 41.6. The minimum Gasteiger partial charge on any atom is -0.378 e. The van der Waals surface area contributed by atoms with Crippen molar-refractivity contribution in [3.8, 4) is 11.4 Å². The minimum atomic E-state index is -0.833. The summed E-state index contributed by atoms with van der Waals surface area (Å²) >= 11 is 0. The summed E-state index contributed by atoms with van der Waals surface area (Å²) in [6.45, 7) is 3.98. The Balaban J connectivity index is 0.000000786. The van der Waals surface area contributed by atoms with Crippen LogP contribution < -0.4 is 27.0 Å². The molecule has 0 atom stereocenters. The lowest BCUT2D eigenvalue weighted by atomic mass is 10.1. The summed E-state index contributed by atoms with van der Waals surface area (Å²) in [6, 6.07) is 9.72. The first-order valence-corrected chi connectivity index (χ1v) is 12.0. The fourth-order valence-corrected chi connectivity index (χ4v) is 3.70. The lowest BCUT2D eigenvalue weighted by molar-refractivity contribution is 0.122. The standard InChI is InChI=1S/C24H25N7O3.CH4N2O/c32-24(27-20-5-9-25-10-6-20)26-19-3-1-17(2-4-19)21-28-22(18-7-13-33-14-8-18)30-23(29-21)31-11-15-34-16-12-31;2-1(3)4/h1-7,9-10H,8,11-16H2,(H2,25,26,27,32);(H4,2,3,4). The van der Waals surface area contributed by atoms with E-state index in [4.69, 9.17) is 29.2 Å². The van der Waals surface area contributed by atoms with Gasteiger partial charge in [-0.3, -0.25) is 4.98 Å². The zero-order valence-electron chi connectivity index (χ0n) is 20.7. The first-order valence-electron chi connectivity index (χ1n) is 12.0. The van der Waals surface area contributed by atoms with Crippen LogP contribution in [0.15, 0.2) is 54.9 Å². The number of carbonyl (C=O) groups excluding carboxylic acids is 2. The van der Waals surface area contributed by atoms with Crippen LogP contribution in [0.4, 0.5) is 26.9 Å². The van der Waals surface area contributed by atoms with Gasteiger partial charge in [0.25, 0.3) is 0 Å². The van der Waals surface area contributed by atoms with E-state index in [9.17, 15) is 4.79 Å². The maximum absolute atomic E-state index is 12.3. The van der Waals surface area contributed by atoms with Gasteiger partial charge in [0, 0.05) is 42.4 Å². The van der Waals surface area contributed by atoms with E-state index < -0.39 is 6.03 Å². The van der Waals surface area contributed by atoms with Gasteiger partial charge in [0.15, 0.2) is 11.6 Å². The highest BCUT2D eigenvalue weighted by molar-refractivity contribution is 5.99. The molecule has 0 aliphatic carbocycles. The van der Waals surface area contributed by atoms with Gasteiger partial charge in [-0.2, -0.15) is 9.97 Å². The van der Waals surface area contributed by atoms with E-state index >= 15 is 0 Å². The summed E-state index contributed by atoms with van der Waals surface area (Å²) in [5.74, 6) is 1.91. The first kappa shape index (κ1) is 26.4. The number of nitrogens with zero attached hydrogens (tertiary/aromatic N) is 5. The zero-order chi connectivity index (χ0) is 26.7. The average molecular weight is 520 g/mol. The van der Waals surface area contributed by atoms with Crippen molar-refractivity contribution in [3.63, 3.8) is 0 Å². The van der Waals surface area contributed by atoms with E-state index in [1.54, 1.807) is 24.5 Å². The van der Waals surface area contributed by atoms with Crippen LogP contribution in [0.2, 0.25) is 0 Å². The molecule has 1 saturated heterocycles. The molecule has 4 heterocycles. The van der Waals surface area contributed by atoms with Crippen LogP contribution in [0.3, 0.4) is 0 Å².